The molecule has 120 valence electrons. The van der Waals surface area contributed by atoms with E-state index in [9.17, 15) is 4.79 Å². The van der Waals surface area contributed by atoms with Crippen LogP contribution in [0.5, 0.6) is 0 Å². The average Bonchev–Trinajstić information content (AvgIpc) is 2.55. The number of halogens is 2. The lowest BCUT2D eigenvalue weighted by Crippen LogP contribution is -2.36. The first kappa shape index (κ1) is 17.3. The molecule has 0 saturated carbocycles. The van der Waals surface area contributed by atoms with Crippen LogP contribution in [0.2, 0.25) is 10.0 Å². The molecule has 0 aliphatic rings. The summed E-state index contributed by atoms with van der Waals surface area (Å²) in [5.41, 5.74) is 4.09. The first-order valence-electron chi connectivity index (χ1n) is 7.19. The van der Waals surface area contributed by atoms with Gasteiger partial charge in [0.05, 0.1) is 11.2 Å². The molecular formula is C17H17Cl2N3O. The van der Waals surface area contributed by atoms with Crippen molar-refractivity contribution in [1.29, 1.82) is 0 Å². The van der Waals surface area contributed by atoms with Gasteiger partial charge in [0.25, 0.3) is 5.91 Å². The third kappa shape index (κ3) is 5.27. The van der Waals surface area contributed by atoms with Crippen molar-refractivity contribution in [2.75, 3.05) is 5.32 Å². The summed E-state index contributed by atoms with van der Waals surface area (Å²) in [4.78, 5) is 12.2. The van der Waals surface area contributed by atoms with Gasteiger partial charge in [-0.2, -0.15) is 5.10 Å². The Labute approximate surface area is 145 Å². The van der Waals surface area contributed by atoms with Crippen LogP contribution in [0.3, 0.4) is 0 Å². The number of anilines is 1. The fourth-order valence-corrected chi connectivity index (χ4v) is 2.40. The number of hydrogen-bond acceptors (Lipinski definition) is 3. The Bertz CT molecular complexity index is 689. The van der Waals surface area contributed by atoms with Gasteiger partial charge in [0.15, 0.2) is 0 Å². The van der Waals surface area contributed by atoms with Crippen molar-refractivity contribution >= 4 is 41.0 Å². The molecule has 23 heavy (non-hydrogen) atoms. The van der Waals surface area contributed by atoms with Gasteiger partial charge in [-0.05, 0) is 30.7 Å². The molecule has 6 heteroatoms. The summed E-state index contributed by atoms with van der Waals surface area (Å²) in [5.74, 6) is -0.210. The number of benzene rings is 2. The Morgan fingerprint density at radius 3 is 2.61 bits per heavy atom. The molecule has 0 radical (unpaired) electrons. The van der Waals surface area contributed by atoms with Crippen molar-refractivity contribution in [2.45, 2.75) is 19.4 Å². The molecule has 0 saturated heterocycles. The Kier molecular flexibility index (Phi) is 6.44. The van der Waals surface area contributed by atoms with E-state index in [1.807, 2.05) is 37.3 Å². The van der Waals surface area contributed by atoms with Crippen LogP contribution in [-0.2, 0) is 4.79 Å². The second-order valence-corrected chi connectivity index (χ2v) is 5.71. The Balaban J connectivity index is 1.95. The van der Waals surface area contributed by atoms with Crippen molar-refractivity contribution in [1.82, 2.24) is 5.43 Å². The van der Waals surface area contributed by atoms with Gasteiger partial charge in [-0.3, -0.25) is 4.79 Å². The summed E-state index contributed by atoms with van der Waals surface area (Å²) in [6.07, 6.45) is 2.13. The number of rotatable bonds is 6. The molecule has 4 nitrogen and oxygen atoms in total. The summed E-state index contributed by atoms with van der Waals surface area (Å²) in [5, 5.41) is 8.14. The number of carbonyl (C=O) groups is 1. The van der Waals surface area contributed by atoms with Crippen molar-refractivity contribution in [3.05, 3.63) is 64.1 Å². The molecular weight excluding hydrogens is 333 g/mol. The standard InChI is InChI=1S/C17H17Cl2N3O/c1-2-16(21-14-6-4-3-5-7-14)17(23)22-20-11-12-8-9-13(18)10-15(12)19/h3-11,16,21H,2H2,1H3,(H,22,23)/b20-11-/t16-/m1/s1. The monoisotopic (exact) mass is 349 g/mol. The largest absolute Gasteiger partial charge is 0.374 e. The first-order chi connectivity index (χ1) is 11.1. The maximum atomic E-state index is 12.2. The molecule has 0 bridgehead atoms. The van der Waals surface area contributed by atoms with Crippen LogP contribution in [0.25, 0.3) is 0 Å². The van der Waals surface area contributed by atoms with Crippen molar-refractivity contribution in [3.8, 4) is 0 Å². The second kappa shape index (κ2) is 8.56. The zero-order valence-corrected chi connectivity index (χ0v) is 14.1. The molecule has 0 aliphatic carbocycles. The smallest absolute Gasteiger partial charge is 0.262 e. The lowest BCUT2D eigenvalue weighted by atomic mass is 10.2. The summed E-state index contributed by atoms with van der Waals surface area (Å²) < 4.78 is 0. The molecule has 0 spiro atoms. The Hall–Kier alpha value is -2.04. The van der Waals surface area contributed by atoms with Gasteiger partial charge in [-0.15, -0.1) is 0 Å². The highest BCUT2D eigenvalue weighted by atomic mass is 35.5. The van der Waals surface area contributed by atoms with E-state index in [4.69, 9.17) is 23.2 Å². The van der Waals surface area contributed by atoms with E-state index < -0.39 is 0 Å². The Morgan fingerprint density at radius 1 is 1.22 bits per heavy atom. The molecule has 0 aliphatic heterocycles. The van der Waals surface area contributed by atoms with Gasteiger partial charge in [0, 0.05) is 16.3 Å². The van der Waals surface area contributed by atoms with Crippen molar-refractivity contribution in [3.63, 3.8) is 0 Å². The molecule has 2 aromatic rings. The first-order valence-corrected chi connectivity index (χ1v) is 7.95. The molecule has 2 N–H and O–H groups in total. The number of nitrogens with one attached hydrogen (secondary N) is 2. The normalized spacial score (nSPS) is 12.1. The predicted octanol–water partition coefficient (Wildman–Crippen LogP) is 4.33. The van der Waals surface area contributed by atoms with E-state index >= 15 is 0 Å². The zero-order chi connectivity index (χ0) is 16.7. The summed E-state index contributed by atoms with van der Waals surface area (Å²) in [7, 11) is 0. The minimum atomic E-state index is -0.366. The number of para-hydroxylation sites is 1. The fourth-order valence-electron chi connectivity index (χ4n) is 1.94. The minimum Gasteiger partial charge on any atom is -0.374 e. The molecule has 1 amide bonds. The second-order valence-electron chi connectivity index (χ2n) is 4.87. The van der Waals surface area contributed by atoms with Crippen LogP contribution in [0, 0.1) is 0 Å². The SMILES string of the molecule is CC[C@@H](Nc1ccccc1)C(=O)N/N=C\c1ccc(Cl)cc1Cl. The van der Waals surface area contributed by atoms with E-state index in [0.29, 0.717) is 22.0 Å². The number of amides is 1. The van der Waals surface area contributed by atoms with Crippen molar-refractivity contribution in [2.24, 2.45) is 5.10 Å². The van der Waals surface area contributed by atoms with E-state index in [0.717, 1.165) is 5.69 Å². The predicted molar refractivity (Wildman–Crippen MR) is 96.3 cm³/mol. The van der Waals surface area contributed by atoms with Crippen LogP contribution in [-0.4, -0.2) is 18.2 Å². The molecule has 0 aromatic heterocycles. The maximum absolute atomic E-state index is 12.2. The zero-order valence-electron chi connectivity index (χ0n) is 12.6. The average molecular weight is 350 g/mol. The molecule has 0 unspecified atom stereocenters. The van der Waals surface area contributed by atoms with Crippen LogP contribution < -0.4 is 10.7 Å². The minimum absolute atomic E-state index is 0.210. The number of nitrogens with zero attached hydrogens (tertiary/aromatic N) is 1. The summed E-state index contributed by atoms with van der Waals surface area (Å²) in [6, 6.07) is 14.3. The quantitative estimate of drug-likeness (QED) is 0.602. The van der Waals surface area contributed by atoms with Gasteiger partial charge >= 0.3 is 0 Å². The Morgan fingerprint density at radius 2 is 1.96 bits per heavy atom. The third-order valence-electron chi connectivity index (χ3n) is 3.18. The van der Waals surface area contributed by atoms with E-state index in [1.54, 1.807) is 18.2 Å². The van der Waals surface area contributed by atoms with Crippen molar-refractivity contribution < 1.29 is 4.79 Å². The fraction of sp³-hybridized carbons (Fsp3) is 0.176. The van der Waals surface area contributed by atoms with E-state index in [-0.39, 0.29) is 11.9 Å². The summed E-state index contributed by atoms with van der Waals surface area (Å²) >= 11 is 11.9. The van der Waals surface area contributed by atoms with Crippen LogP contribution >= 0.6 is 23.2 Å². The topological polar surface area (TPSA) is 53.5 Å². The van der Waals surface area contributed by atoms with Gasteiger partial charge < -0.3 is 5.32 Å². The highest BCUT2D eigenvalue weighted by Crippen LogP contribution is 2.19. The number of carbonyl (C=O) groups excluding carboxylic acids is 1. The highest BCUT2D eigenvalue weighted by molar-refractivity contribution is 6.36. The molecule has 1 atom stereocenters. The van der Waals surface area contributed by atoms with Crippen LogP contribution in [0.15, 0.2) is 53.6 Å². The maximum Gasteiger partial charge on any atom is 0.262 e. The highest BCUT2D eigenvalue weighted by Gasteiger charge is 2.15. The van der Waals surface area contributed by atoms with Crippen LogP contribution in [0.1, 0.15) is 18.9 Å². The molecule has 0 heterocycles. The third-order valence-corrected chi connectivity index (χ3v) is 3.74. The lowest BCUT2D eigenvalue weighted by molar-refractivity contribution is -0.121. The van der Waals surface area contributed by atoms with Gasteiger partial charge in [-0.1, -0.05) is 54.4 Å². The number of hydrogen-bond donors (Lipinski definition) is 2. The molecule has 2 aromatic carbocycles. The lowest BCUT2D eigenvalue weighted by Gasteiger charge is -2.16. The van der Waals surface area contributed by atoms with Gasteiger partial charge in [-0.25, -0.2) is 5.43 Å². The van der Waals surface area contributed by atoms with Gasteiger partial charge in [0.1, 0.15) is 6.04 Å². The van der Waals surface area contributed by atoms with E-state index in [2.05, 4.69) is 15.8 Å². The number of hydrazone groups is 1. The molecule has 2 rings (SSSR count). The molecule has 0 fully saturated rings. The van der Waals surface area contributed by atoms with E-state index in [1.165, 1.54) is 6.21 Å². The van der Waals surface area contributed by atoms with Gasteiger partial charge in [0.2, 0.25) is 0 Å². The van der Waals surface area contributed by atoms with Crippen LogP contribution in [0.4, 0.5) is 5.69 Å². The summed E-state index contributed by atoms with van der Waals surface area (Å²) in [6.45, 7) is 1.93.